The number of benzene rings is 2. The summed E-state index contributed by atoms with van der Waals surface area (Å²) in [7, 11) is 2.15. The molecule has 0 saturated heterocycles. The predicted molar refractivity (Wildman–Crippen MR) is 113 cm³/mol. The summed E-state index contributed by atoms with van der Waals surface area (Å²) in [6.07, 6.45) is 2.39. The summed E-state index contributed by atoms with van der Waals surface area (Å²) in [6.45, 7) is 6.17. The molecule has 28 heavy (non-hydrogen) atoms. The van der Waals surface area contributed by atoms with Crippen molar-refractivity contribution >= 4 is 22.7 Å². The molecule has 144 valence electrons. The highest BCUT2D eigenvalue weighted by Crippen LogP contribution is 2.27. The number of fused-ring (bicyclic) bond motifs is 1. The molecule has 0 spiro atoms. The molecule has 3 aromatic rings. The van der Waals surface area contributed by atoms with Crippen LogP contribution in [0.2, 0.25) is 0 Å². The molecule has 1 atom stereocenters. The first-order valence-corrected chi connectivity index (χ1v) is 9.59. The third-order valence-corrected chi connectivity index (χ3v) is 5.33. The maximum atomic E-state index is 4.99. The number of nitrogens with zero attached hydrogens (tertiary/aromatic N) is 3. The van der Waals surface area contributed by atoms with Crippen LogP contribution in [0.15, 0.2) is 77.3 Å². The van der Waals surface area contributed by atoms with Crippen molar-refractivity contribution in [1.29, 1.82) is 0 Å². The Bertz CT molecular complexity index is 1020. The number of halogens is 1. The monoisotopic (exact) mass is 391 g/mol. The van der Waals surface area contributed by atoms with Gasteiger partial charge < -0.3 is 12.4 Å². The number of hydrogen-bond acceptors (Lipinski definition) is 2. The molecular formula is C24H26ClN3. The predicted octanol–water partition coefficient (Wildman–Crippen LogP) is 1.64. The summed E-state index contributed by atoms with van der Waals surface area (Å²) >= 11 is 0. The Hall–Kier alpha value is -2.49. The lowest BCUT2D eigenvalue weighted by Crippen LogP contribution is -3.00. The number of rotatable bonds is 3. The average molecular weight is 392 g/mol. The normalized spacial score (nSPS) is 18.8. The van der Waals surface area contributed by atoms with Crippen LogP contribution in [-0.4, -0.2) is 24.2 Å². The van der Waals surface area contributed by atoms with Crippen LogP contribution < -0.4 is 17.0 Å². The maximum absolute atomic E-state index is 4.99. The summed E-state index contributed by atoms with van der Waals surface area (Å²) in [5, 5.41) is 1.27. The third-order valence-electron chi connectivity index (χ3n) is 5.33. The van der Waals surface area contributed by atoms with Gasteiger partial charge >= 0.3 is 0 Å². The van der Waals surface area contributed by atoms with Gasteiger partial charge in [0.2, 0.25) is 11.2 Å². The van der Waals surface area contributed by atoms with E-state index in [0.29, 0.717) is 0 Å². The highest BCUT2D eigenvalue weighted by molar-refractivity contribution is 6.03. The molecule has 1 aromatic heterocycles. The fourth-order valence-electron chi connectivity index (χ4n) is 3.87. The van der Waals surface area contributed by atoms with Gasteiger partial charge in [0.05, 0.1) is 0 Å². The molecule has 2 heterocycles. The van der Waals surface area contributed by atoms with Crippen LogP contribution in [0.1, 0.15) is 31.3 Å². The minimum atomic E-state index is 0. The van der Waals surface area contributed by atoms with E-state index in [1.54, 1.807) is 0 Å². The molecular weight excluding hydrogens is 366 g/mol. The van der Waals surface area contributed by atoms with Gasteiger partial charge in [-0.15, -0.1) is 0 Å². The van der Waals surface area contributed by atoms with Crippen molar-refractivity contribution in [1.82, 2.24) is 4.90 Å². The lowest BCUT2D eigenvalue weighted by molar-refractivity contribution is -0.669. The van der Waals surface area contributed by atoms with E-state index in [1.807, 2.05) is 0 Å². The van der Waals surface area contributed by atoms with E-state index in [1.165, 1.54) is 27.7 Å². The Kier molecular flexibility index (Phi) is 6.28. The second kappa shape index (κ2) is 8.68. The van der Waals surface area contributed by atoms with Crippen LogP contribution in [0, 0.1) is 0 Å². The van der Waals surface area contributed by atoms with Crippen molar-refractivity contribution in [2.75, 3.05) is 13.6 Å². The van der Waals surface area contributed by atoms with E-state index in [2.05, 4.69) is 103 Å². The molecule has 0 bridgehead atoms. The maximum Gasteiger partial charge on any atom is 0.212 e. The minimum Gasteiger partial charge on any atom is -1.00 e. The number of aromatic nitrogens is 1. The SMILES string of the molecule is CC[n+]1c(C=C2CN(C)C(c3ccccc3)N=C2C)ccc2ccccc21.[Cl-]. The van der Waals surface area contributed by atoms with Crippen molar-refractivity contribution in [3.63, 3.8) is 0 Å². The molecule has 1 unspecified atom stereocenters. The highest BCUT2D eigenvalue weighted by atomic mass is 35.5. The first-order valence-electron chi connectivity index (χ1n) is 9.59. The molecule has 0 N–H and O–H groups in total. The van der Waals surface area contributed by atoms with Crippen molar-refractivity contribution in [3.05, 3.63) is 83.6 Å². The first-order chi connectivity index (χ1) is 13.2. The Morgan fingerprint density at radius 2 is 1.75 bits per heavy atom. The fraction of sp³-hybridized carbons (Fsp3) is 0.250. The zero-order valence-electron chi connectivity index (χ0n) is 16.6. The number of pyridine rings is 1. The van der Waals surface area contributed by atoms with Crippen molar-refractivity contribution in [2.24, 2.45) is 4.99 Å². The molecule has 0 amide bonds. The molecule has 4 rings (SSSR count). The van der Waals surface area contributed by atoms with Crippen LogP contribution in [-0.2, 0) is 6.54 Å². The minimum absolute atomic E-state index is 0. The molecule has 3 nitrogen and oxygen atoms in total. The van der Waals surface area contributed by atoms with E-state index < -0.39 is 0 Å². The number of aliphatic imine (C=N–C) groups is 1. The molecule has 0 radical (unpaired) electrons. The van der Waals surface area contributed by atoms with Crippen LogP contribution in [0.3, 0.4) is 0 Å². The van der Waals surface area contributed by atoms with Gasteiger partial charge in [-0.2, -0.15) is 4.57 Å². The highest BCUT2D eigenvalue weighted by Gasteiger charge is 2.24. The standard InChI is InChI=1S/C24H26N3.ClH/c1-4-27-22(15-14-19-10-8-9-13-23(19)27)16-21-17-26(3)24(25-18(21)2)20-11-6-5-7-12-20;/h5-16,24H,4,17H2,1-3H3;1H/q+1;/p-1. The summed E-state index contributed by atoms with van der Waals surface area (Å²) in [6, 6.07) is 23.5. The number of likely N-dealkylation sites (N-methyl/N-ethyl adjacent to an activating group) is 1. The Labute approximate surface area is 173 Å². The molecule has 0 aliphatic carbocycles. The second-order valence-corrected chi connectivity index (χ2v) is 7.14. The second-order valence-electron chi connectivity index (χ2n) is 7.14. The number of aryl methyl sites for hydroxylation is 1. The topological polar surface area (TPSA) is 19.5 Å². The lowest BCUT2D eigenvalue weighted by Gasteiger charge is -2.31. The lowest BCUT2D eigenvalue weighted by atomic mass is 10.0. The molecule has 1 aliphatic rings. The van der Waals surface area contributed by atoms with Gasteiger partial charge in [0, 0.05) is 35.9 Å². The fourth-order valence-corrected chi connectivity index (χ4v) is 3.87. The Balaban J connectivity index is 0.00000225. The van der Waals surface area contributed by atoms with Gasteiger partial charge in [0.15, 0.2) is 0 Å². The summed E-state index contributed by atoms with van der Waals surface area (Å²) < 4.78 is 2.37. The van der Waals surface area contributed by atoms with Crippen LogP contribution in [0.4, 0.5) is 0 Å². The zero-order valence-corrected chi connectivity index (χ0v) is 17.4. The number of hydrogen-bond donors (Lipinski definition) is 0. The largest absolute Gasteiger partial charge is 1.00 e. The van der Waals surface area contributed by atoms with Crippen molar-refractivity contribution in [2.45, 2.75) is 26.6 Å². The van der Waals surface area contributed by atoms with Crippen LogP contribution in [0.25, 0.3) is 17.0 Å². The molecule has 2 aromatic carbocycles. The molecule has 0 fully saturated rings. The third kappa shape index (κ3) is 3.87. The summed E-state index contributed by atoms with van der Waals surface area (Å²) in [5.41, 5.74) is 6.15. The quantitative estimate of drug-likeness (QED) is 0.621. The van der Waals surface area contributed by atoms with Crippen LogP contribution >= 0.6 is 0 Å². The Morgan fingerprint density at radius 1 is 1.04 bits per heavy atom. The molecule has 0 saturated carbocycles. The number of para-hydroxylation sites is 1. The van der Waals surface area contributed by atoms with E-state index in [0.717, 1.165) is 18.8 Å². The Morgan fingerprint density at radius 3 is 2.50 bits per heavy atom. The van der Waals surface area contributed by atoms with Gasteiger partial charge in [0.1, 0.15) is 12.7 Å². The van der Waals surface area contributed by atoms with Gasteiger partial charge in [-0.1, -0.05) is 42.5 Å². The van der Waals surface area contributed by atoms with E-state index >= 15 is 0 Å². The van der Waals surface area contributed by atoms with Gasteiger partial charge in [-0.05, 0) is 44.2 Å². The van der Waals surface area contributed by atoms with E-state index in [-0.39, 0.29) is 18.6 Å². The van der Waals surface area contributed by atoms with Gasteiger partial charge in [-0.3, -0.25) is 9.89 Å². The first kappa shape index (κ1) is 20.2. The molecule has 4 heteroatoms. The smallest absolute Gasteiger partial charge is 0.212 e. The van der Waals surface area contributed by atoms with E-state index in [4.69, 9.17) is 4.99 Å². The van der Waals surface area contributed by atoms with Gasteiger partial charge in [0.25, 0.3) is 0 Å². The van der Waals surface area contributed by atoms with Gasteiger partial charge in [-0.25, -0.2) is 0 Å². The van der Waals surface area contributed by atoms with E-state index in [9.17, 15) is 0 Å². The summed E-state index contributed by atoms with van der Waals surface area (Å²) in [5.74, 6) is 0. The average Bonchev–Trinajstić information content (AvgIpc) is 2.71. The summed E-state index contributed by atoms with van der Waals surface area (Å²) in [4.78, 5) is 7.30. The van der Waals surface area contributed by atoms with Crippen molar-refractivity contribution < 1.29 is 17.0 Å². The van der Waals surface area contributed by atoms with Crippen LogP contribution in [0.5, 0.6) is 0 Å². The zero-order chi connectivity index (χ0) is 18.8. The van der Waals surface area contributed by atoms with Crippen molar-refractivity contribution in [3.8, 4) is 0 Å². The molecule has 1 aliphatic heterocycles.